The van der Waals surface area contributed by atoms with E-state index in [2.05, 4.69) is 5.32 Å². The van der Waals surface area contributed by atoms with Crippen molar-refractivity contribution >= 4 is 22.7 Å². The Labute approximate surface area is 175 Å². The number of ether oxygens (including phenoxy) is 2. The molecule has 0 bridgehead atoms. The van der Waals surface area contributed by atoms with Gasteiger partial charge in [-0.2, -0.15) is 4.39 Å². The number of aliphatic hydroxyl groups excluding tert-OH is 1. The maximum Gasteiger partial charge on any atom is 0.257 e. The molecule has 9 nitrogen and oxygen atoms in total. The SMILES string of the molecule is CC1COc2c(F)c(F)cc3c(=O)c(C(=O)NC(CO)C(=O)N4CCOCC4)cn1c23. The Hall–Kier alpha value is -3.05. The number of halogens is 2. The zero-order valence-electron chi connectivity index (χ0n) is 16.7. The number of rotatable bonds is 4. The van der Waals surface area contributed by atoms with Crippen molar-refractivity contribution in [2.24, 2.45) is 0 Å². The van der Waals surface area contributed by atoms with Crippen LogP contribution in [-0.4, -0.2) is 71.9 Å². The Morgan fingerprint density at radius 2 is 2.03 bits per heavy atom. The van der Waals surface area contributed by atoms with E-state index < -0.39 is 41.5 Å². The Morgan fingerprint density at radius 1 is 1.32 bits per heavy atom. The molecule has 1 fully saturated rings. The van der Waals surface area contributed by atoms with Crippen LogP contribution in [0.15, 0.2) is 17.1 Å². The Morgan fingerprint density at radius 3 is 2.71 bits per heavy atom. The smallest absolute Gasteiger partial charge is 0.257 e. The van der Waals surface area contributed by atoms with Gasteiger partial charge in [0.05, 0.1) is 36.8 Å². The highest BCUT2D eigenvalue weighted by Gasteiger charge is 2.31. The summed E-state index contributed by atoms with van der Waals surface area (Å²) in [6.07, 6.45) is 1.24. The van der Waals surface area contributed by atoms with Crippen LogP contribution in [0.4, 0.5) is 8.78 Å². The predicted molar refractivity (Wildman–Crippen MR) is 104 cm³/mol. The lowest BCUT2D eigenvalue weighted by atomic mass is 10.1. The Bertz CT molecular complexity index is 1110. The molecule has 2 aliphatic heterocycles. The minimum absolute atomic E-state index is 0.0151. The van der Waals surface area contributed by atoms with Gasteiger partial charge in [-0.3, -0.25) is 14.4 Å². The number of pyridine rings is 1. The highest BCUT2D eigenvalue weighted by atomic mass is 19.2. The fourth-order valence-electron chi connectivity index (χ4n) is 3.78. The molecule has 0 radical (unpaired) electrons. The Balaban J connectivity index is 1.71. The third-order valence-corrected chi connectivity index (χ3v) is 5.46. The van der Waals surface area contributed by atoms with Crippen LogP contribution in [0, 0.1) is 11.6 Å². The molecule has 2 aliphatic rings. The van der Waals surface area contributed by atoms with E-state index in [0.717, 1.165) is 6.07 Å². The van der Waals surface area contributed by atoms with Crippen molar-refractivity contribution in [3.8, 4) is 5.75 Å². The third-order valence-electron chi connectivity index (χ3n) is 5.46. The number of carbonyl (C=O) groups excluding carboxylic acids is 2. The predicted octanol–water partition coefficient (Wildman–Crippen LogP) is 0.183. The van der Waals surface area contributed by atoms with E-state index in [0.29, 0.717) is 26.3 Å². The number of nitrogens with zero attached hydrogens (tertiary/aromatic N) is 2. The molecule has 4 rings (SSSR count). The molecule has 2 unspecified atom stereocenters. The number of aromatic nitrogens is 1. The fourth-order valence-corrected chi connectivity index (χ4v) is 3.78. The molecule has 31 heavy (non-hydrogen) atoms. The summed E-state index contributed by atoms with van der Waals surface area (Å²) in [5.41, 5.74) is -1.13. The van der Waals surface area contributed by atoms with Gasteiger partial charge in [-0.1, -0.05) is 0 Å². The summed E-state index contributed by atoms with van der Waals surface area (Å²) >= 11 is 0. The number of nitrogens with one attached hydrogen (secondary N) is 1. The molecule has 1 aromatic carbocycles. The highest BCUT2D eigenvalue weighted by molar-refractivity contribution is 6.00. The molecular formula is C20H21F2N3O6. The van der Waals surface area contributed by atoms with Gasteiger partial charge in [0.1, 0.15) is 18.2 Å². The number of amides is 2. The van der Waals surface area contributed by atoms with Gasteiger partial charge in [0.2, 0.25) is 17.2 Å². The number of hydrogen-bond donors (Lipinski definition) is 2. The Kier molecular flexibility index (Phi) is 5.63. The van der Waals surface area contributed by atoms with Gasteiger partial charge < -0.3 is 29.4 Å². The second kappa shape index (κ2) is 8.23. The van der Waals surface area contributed by atoms with Crippen molar-refractivity contribution < 1.29 is 33.0 Å². The molecule has 11 heteroatoms. The van der Waals surface area contributed by atoms with Gasteiger partial charge in [0.25, 0.3) is 5.91 Å². The van der Waals surface area contributed by atoms with Crippen LogP contribution >= 0.6 is 0 Å². The van der Waals surface area contributed by atoms with Crippen molar-refractivity contribution in [1.29, 1.82) is 0 Å². The molecule has 0 saturated carbocycles. The van der Waals surface area contributed by atoms with Gasteiger partial charge in [-0.25, -0.2) is 4.39 Å². The molecule has 3 heterocycles. The first kappa shape index (κ1) is 21.2. The first-order valence-corrected chi connectivity index (χ1v) is 9.81. The largest absolute Gasteiger partial charge is 0.486 e. The van der Waals surface area contributed by atoms with Crippen molar-refractivity contribution in [2.45, 2.75) is 19.0 Å². The third kappa shape index (κ3) is 3.63. The summed E-state index contributed by atoms with van der Waals surface area (Å²) in [4.78, 5) is 39.9. The summed E-state index contributed by atoms with van der Waals surface area (Å²) in [6.45, 7) is 2.40. The van der Waals surface area contributed by atoms with Crippen molar-refractivity contribution in [2.75, 3.05) is 39.5 Å². The molecule has 0 aliphatic carbocycles. The maximum absolute atomic E-state index is 14.2. The van der Waals surface area contributed by atoms with Crippen LogP contribution in [0.5, 0.6) is 5.75 Å². The average molecular weight is 437 g/mol. The van der Waals surface area contributed by atoms with Crippen LogP contribution in [-0.2, 0) is 9.53 Å². The lowest BCUT2D eigenvalue weighted by Crippen LogP contribution is -2.53. The summed E-state index contributed by atoms with van der Waals surface area (Å²) < 4.78 is 40.2. The van der Waals surface area contributed by atoms with E-state index in [4.69, 9.17) is 9.47 Å². The van der Waals surface area contributed by atoms with Gasteiger partial charge in [0.15, 0.2) is 11.6 Å². The molecule has 166 valence electrons. The van der Waals surface area contributed by atoms with E-state index in [1.54, 1.807) is 6.92 Å². The van der Waals surface area contributed by atoms with Crippen molar-refractivity contribution in [3.05, 3.63) is 39.7 Å². The van der Waals surface area contributed by atoms with Gasteiger partial charge in [0, 0.05) is 19.3 Å². The molecule has 2 aromatic rings. The number of aliphatic hydroxyl groups is 1. The van der Waals surface area contributed by atoms with E-state index in [9.17, 15) is 28.3 Å². The lowest BCUT2D eigenvalue weighted by molar-refractivity contribution is -0.138. The monoisotopic (exact) mass is 437 g/mol. The highest BCUT2D eigenvalue weighted by Crippen LogP contribution is 2.35. The summed E-state index contributed by atoms with van der Waals surface area (Å²) in [7, 11) is 0. The number of morpholine rings is 1. The molecule has 2 atom stereocenters. The molecule has 2 N–H and O–H groups in total. The zero-order valence-corrected chi connectivity index (χ0v) is 16.7. The summed E-state index contributed by atoms with van der Waals surface area (Å²) in [6, 6.07) is -0.896. The normalized spacial score (nSPS) is 19.1. The van der Waals surface area contributed by atoms with Crippen LogP contribution in [0.2, 0.25) is 0 Å². The van der Waals surface area contributed by atoms with Crippen LogP contribution in [0.3, 0.4) is 0 Å². The molecule has 1 aromatic heterocycles. The van der Waals surface area contributed by atoms with Crippen molar-refractivity contribution in [3.63, 3.8) is 0 Å². The molecule has 1 saturated heterocycles. The second-order valence-corrected chi connectivity index (χ2v) is 7.48. The minimum atomic E-state index is -1.27. The molecular weight excluding hydrogens is 416 g/mol. The summed E-state index contributed by atoms with van der Waals surface area (Å²) in [5.74, 6) is -4.26. The standard InChI is InChI=1S/C20H21F2N3O6/c1-10-9-31-18-15(22)13(21)6-11-16(18)25(10)7-12(17(11)27)19(28)23-14(8-26)20(29)24-2-4-30-5-3-24/h6-7,10,14,26H,2-5,8-9H2,1H3,(H,23,28). The fraction of sp³-hybridized carbons (Fsp3) is 0.450. The number of benzene rings is 1. The van der Waals surface area contributed by atoms with E-state index in [1.165, 1.54) is 15.7 Å². The van der Waals surface area contributed by atoms with E-state index in [1.807, 2.05) is 0 Å². The van der Waals surface area contributed by atoms with E-state index in [-0.39, 0.29) is 34.9 Å². The van der Waals surface area contributed by atoms with Gasteiger partial charge >= 0.3 is 0 Å². The summed E-state index contributed by atoms with van der Waals surface area (Å²) in [5, 5.41) is 11.8. The number of hydrogen-bond acceptors (Lipinski definition) is 6. The first-order chi connectivity index (χ1) is 14.8. The maximum atomic E-state index is 14.2. The second-order valence-electron chi connectivity index (χ2n) is 7.48. The molecule has 2 amide bonds. The van der Waals surface area contributed by atoms with Crippen LogP contribution < -0.4 is 15.5 Å². The average Bonchev–Trinajstić information content (AvgIpc) is 2.78. The zero-order chi connectivity index (χ0) is 22.3. The van der Waals surface area contributed by atoms with Crippen molar-refractivity contribution in [1.82, 2.24) is 14.8 Å². The minimum Gasteiger partial charge on any atom is -0.486 e. The topological polar surface area (TPSA) is 110 Å². The van der Waals surface area contributed by atoms with Gasteiger partial charge in [-0.15, -0.1) is 0 Å². The van der Waals surface area contributed by atoms with Crippen LogP contribution in [0.1, 0.15) is 23.3 Å². The van der Waals surface area contributed by atoms with Gasteiger partial charge in [-0.05, 0) is 13.0 Å². The lowest BCUT2D eigenvalue weighted by Gasteiger charge is -2.30. The van der Waals surface area contributed by atoms with Crippen LogP contribution in [0.25, 0.3) is 10.9 Å². The molecule has 0 spiro atoms. The quantitative estimate of drug-likeness (QED) is 0.707. The van der Waals surface area contributed by atoms with E-state index >= 15 is 0 Å². The first-order valence-electron chi connectivity index (χ1n) is 9.81. The number of carbonyl (C=O) groups is 2.